The number of carbonyl (C=O) groups is 1. The van der Waals surface area contributed by atoms with E-state index >= 15 is 0 Å². The van der Waals surface area contributed by atoms with E-state index in [-0.39, 0.29) is 11.8 Å². The second kappa shape index (κ2) is 8.56. The molecular formula is C25H28N2O2. The largest absolute Gasteiger partial charge is 0.497 e. The third-order valence-corrected chi connectivity index (χ3v) is 5.82. The van der Waals surface area contributed by atoms with Crippen LogP contribution in [0.4, 0.5) is 11.4 Å². The monoisotopic (exact) mass is 388 g/mol. The lowest BCUT2D eigenvalue weighted by Crippen LogP contribution is -2.29. The molecule has 3 aromatic carbocycles. The minimum atomic E-state index is -0.233. The van der Waals surface area contributed by atoms with Gasteiger partial charge >= 0.3 is 0 Å². The molecule has 0 radical (unpaired) electrons. The summed E-state index contributed by atoms with van der Waals surface area (Å²) in [5.74, 6) is 0.607. The van der Waals surface area contributed by atoms with Crippen LogP contribution in [0.15, 0.2) is 60.7 Å². The molecule has 3 aromatic rings. The Morgan fingerprint density at radius 3 is 2.34 bits per heavy atom. The maximum absolute atomic E-state index is 12.8. The molecule has 1 amide bonds. The van der Waals surface area contributed by atoms with Crippen LogP contribution in [0.5, 0.6) is 5.75 Å². The third kappa shape index (κ3) is 4.37. The van der Waals surface area contributed by atoms with Crippen molar-refractivity contribution in [3.05, 3.63) is 66.2 Å². The van der Waals surface area contributed by atoms with Crippen molar-refractivity contribution in [1.82, 2.24) is 0 Å². The van der Waals surface area contributed by atoms with E-state index in [4.69, 9.17) is 4.74 Å². The van der Waals surface area contributed by atoms with Gasteiger partial charge in [-0.25, -0.2) is 0 Å². The van der Waals surface area contributed by atoms with Crippen LogP contribution < -0.4 is 15.0 Å². The fourth-order valence-corrected chi connectivity index (χ4v) is 3.95. The Kier molecular flexibility index (Phi) is 5.70. The molecule has 0 spiro atoms. The molecule has 150 valence electrons. The van der Waals surface area contributed by atoms with Crippen molar-refractivity contribution in [3.8, 4) is 5.75 Å². The maximum Gasteiger partial charge on any atom is 0.231 e. The number of piperidine rings is 1. The predicted molar refractivity (Wildman–Crippen MR) is 120 cm³/mol. The molecule has 1 fully saturated rings. The average Bonchev–Trinajstić information content (AvgIpc) is 2.79. The van der Waals surface area contributed by atoms with E-state index in [2.05, 4.69) is 28.4 Å². The van der Waals surface area contributed by atoms with Gasteiger partial charge in [-0.05, 0) is 78.9 Å². The van der Waals surface area contributed by atoms with Crippen LogP contribution in [-0.2, 0) is 4.79 Å². The van der Waals surface area contributed by atoms with Crippen molar-refractivity contribution in [1.29, 1.82) is 0 Å². The third-order valence-electron chi connectivity index (χ3n) is 5.82. The highest BCUT2D eigenvalue weighted by Crippen LogP contribution is 2.27. The first-order chi connectivity index (χ1) is 14.1. The number of benzene rings is 3. The van der Waals surface area contributed by atoms with Crippen molar-refractivity contribution in [2.75, 3.05) is 30.4 Å². The second-order valence-corrected chi connectivity index (χ2v) is 7.78. The summed E-state index contributed by atoms with van der Waals surface area (Å²) in [4.78, 5) is 15.2. The number of carbonyl (C=O) groups excluding carboxylic acids is 1. The summed E-state index contributed by atoms with van der Waals surface area (Å²) in [7, 11) is 1.67. The number of nitrogens with zero attached hydrogens (tertiary/aromatic N) is 1. The van der Waals surface area contributed by atoms with E-state index in [1.54, 1.807) is 7.11 Å². The summed E-state index contributed by atoms with van der Waals surface area (Å²) >= 11 is 0. The van der Waals surface area contributed by atoms with Crippen molar-refractivity contribution in [3.63, 3.8) is 0 Å². The Hall–Kier alpha value is -3.01. The number of hydrogen-bond acceptors (Lipinski definition) is 3. The number of hydrogen-bond donors (Lipinski definition) is 1. The Bertz CT molecular complexity index is 991. The molecule has 1 atom stereocenters. The molecule has 4 heteroatoms. The van der Waals surface area contributed by atoms with Gasteiger partial charge in [-0.1, -0.05) is 24.3 Å². The van der Waals surface area contributed by atoms with Gasteiger partial charge in [0.25, 0.3) is 0 Å². The molecule has 4 nitrogen and oxygen atoms in total. The molecular weight excluding hydrogens is 360 g/mol. The normalized spacial score (nSPS) is 15.2. The lowest BCUT2D eigenvalue weighted by molar-refractivity contribution is -0.117. The van der Waals surface area contributed by atoms with E-state index in [9.17, 15) is 4.79 Å². The van der Waals surface area contributed by atoms with E-state index < -0.39 is 0 Å². The number of anilines is 2. The lowest BCUT2D eigenvalue weighted by Gasteiger charge is -2.28. The summed E-state index contributed by atoms with van der Waals surface area (Å²) < 4.78 is 5.28. The Balaban J connectivity index is 1.44. The standard InChI is InChI=1S/C25H28N2O2/c1-18(19-6-7-21-17-24(29-2)13-8-20(21)16-19)25(28)26-22-9-11-23(12-10-22)27-14-4-3-5-15-27/h6-13,16-18H,3-5,14-15H2,1-2H3,(H,26,28)/t18-/m1/s1. The summed E-state index contributed by atoms with van der Waals surface area (Å²) in [6.45, 7) is 4.19. The Labute approximate surface area is 172 Å². The van der Waals surface area contributed by atoms with Crippen LogP contribution in [0.3, 0.4) is 0 Å². The van der Waals surface area contributed by atoms with Crippen LogP contribution >= 0.6 is 0 Å². The minimum absolute atomic E-state index is 0.00332. The fraction of sp³-hybridized carbons (Fsp3) is 0.320. The van der Waals surface area contributed by atoms with Gasteiger partial charge in [-0.3, -0.25) is 4.79 Å². The summed E-state index contributed by atoms with van der Waals surface area (Å²) in [5, 5.41) is 5.27. The number of ether oxygens (including phenoxy) is 1. The molecule has 0 bridgehead atoms. The van der Waals surface area contributed by atoms with Gasteiger partial charge in [0.1, 0.15) is 5.75 Å². The van der Waals surface area contributed by atoms with Crippen molar-refractivity contribution in [2.45, 2.75) is 32.1 Å². The highest BCUT2D eigenvalue weighted by Gasteiger charge is 2.16. The summed E-state index contributed by atoms with van der Waals surface area (Å²) in [6.07, 6.45) is 3.84. The van der Waals surface area contributed by atoms with E-state index in [0.29, 0.717) is 0 Å². The van der Waals surface area contributed by atoms with Gasteiger partial charge in [0.05, 0.1) is 13.0 Å². The SMILES string of the molecule is COc1ccc2cc([C@@H](C)C(=O)Nc3ccc(N4CCCCC4)cc3)ccc2c1. The van der Waals surface area contributed by atoms with Gasteiger partial charge in [0.15, 0.2) is 0 Å². The highest BCUT2D eigenvalue weighted by atomic mass is 16.5. The maximum atomic E-state index is 12.8. The molecule has 4 rings (SSSR count). The quantitative estimate of drug-likeness (QED) is 0.620. The molecule has 1 saturated heterocycles. The fourth-order valence-electron chi connectivity index (χ4n) is 3.95. The highest BCUT2D eigenvalue weighted by molar-refractivity contribution is 5.96. The van der Waals surface area contributed by atoms with Crippen LogP contribution in [0, 0.1) is 0 Å². The molecule has 0 unspecified atom stereocenters. The Morgan fingerprint density at radius 2 is 1.62 bits per heavy atom. The molecule has 29 heavy (non-hydrogen) atoms. The molecule has 0 saturated carbocycles. The lowest BCUT2D eigenvalue weighted by atomic mass is 9.97. The zero-order valence-electron chi connectivity index (χ0n) is 17.2. The van der Waals surface area contributed by atoms with Crippen molar-refractivity contribution < 1.29 is 9.53 Å². The number of nitrogens with one attached hydrogen (secondary N) is 1. The van der Waals surface area contributed by atoms with Gasteiger partial charge < -0.3 is 15.0 Å². The second-order valence-electron chi connectivity index (χ2n) is 7.78. The number of fused-ring (bicyclic) bond motifs is 1. The average molecular weight is 389 g/mol. The first-order valence-electron chi connectivity index (χ1n) is 10.4. The number of rotatable bonds is 5. The van der Waals surface area contributed by atoms with Crippen LogP contribution in [-0.4, -0.2) is 26.1 Å². The minimum Gasteiger partial charge on any atom is -0.497 e. The smallest absolute Gasteiger partial charge is 0.231 e. The van der Waals surface area contributed by atoms with Gasteiger partial charge in [-0.2, -0.15) is 0 Å². The van der Waals surface area contributed by atoms with E-state index in [1.807, 2.05) is 49.4 Å². The molecule has 0 aliphatic carbocycles. The molecule has 0 aromatic heterocycles. The predicted octanol–water partition coefficient (Wildman–Crippen LogP) is 5.58. The van der Waals surface area contributed by atoms with Gasteiger partial charge in [-0.15, -0.1) is 0 Å². The van der Waals surface area contributed by atoms with E-state index in [0.717, 1.165) is 40.9 Å². The molecule has 1 heterocycles. The topological polar surface area (TPSA) is 41.6 Å². The first-order valence-corrected chi connectivity index (χ1v) is 10.4. The zero-order valence-corrected chi connectivity index (χ0v) is 17.2. The first kappa shape index (κ1) is 19.3. The molecule has 1 aliphatic heterocycles. The number of amides is 1. The summed E-state index contributed by atoms with van der Waals surface area (Å²) in [6, 6.07) is 20.3. The van der Waals surface area contributed by atoms with Crippen LogP contribution in [0.1, 0.15) is 37.7 Å². The number of methoxy groups -OCH3 is 1. The zero-order chi connectivity index (χ0) is 20.2. The molecule has 1 N–H and O–H groups in total. The van der Waals surface area contributed by atoms with Crippen LogP contribution in [0.25, 0.3) is 10.8 Å². The van der Waals surface area contributed by atoms with Crippen molar-refractivity contribution >= 4 is 28.1 Å². The molecule has 1 aliphatic rings. The Morgan fingerprint density at radius 1 is 0.931 bits per heavy atom. The van der Waals surface area contributed by atoms with Gasteiger partial charge in [0.2, 0.25) is 5.91 Å². The van der Waals surface area contributed by atoms with Crippen LogP contribution in [0.2, 0.25) is 0 Å². The summed E-state index contributed by atoms with van der Waals surface area (Å²) in [5.41, 5.74) is 3.08. The van der Waals surface area contributed by atoms with E-state index in [1.165, 1.54) is 24.9 Å². The van der Waals surface area contributed by atoms with Gasteiger partial charge in [0, 0.05) is 24.5 Å². The van der Waals surface area contributed by atoms with Crippen molar-refractivity contribution in [2.24, 2.45) is 0 Å².